The van der Waals surface area contributed by atoms with E-state index >= 15 is 0 Å². The van der Waals surface area contributed by atoms with Crippen molar-refractivity contribution in [1.82, 2.24) is 0 Å². The number of ketones is 2. The summed E-state index contributed by atoms with van der Waals surface area (Å²) < 4.78 is 10.6. The number of Topliss-reactive ketones (excluding diaryl/α,β-unsaturated/α-hetero) is 2. The molecule has 0 unspecified atom stereocenters. The van der Waals surface area contributed by atoms with E-state index in [-0.39, 0.29) is 24.0 Å². The molecule has 0 saturated heterocycles. The molecule has 1 aliphatic carbocycles. The van der Waals surface area contributed by atoms with Crippen LogP contribution in [0.25, 0.3) is 12.2 Å². The molecule has 0 N–H and O–H groups in total. The lowest BCUT2D eigenvalue weighted by Crippen LogP contribution is -2.06. The van der Waals surface area contributed by atoms with Crippen LogP contribution in [0.2, 0.25) is 0 Å². The summed E-state index contributed by atoms with van der Waals surface area (Å²) in [6.45, 7) is 3.56. The van der Waals surface area contributed by atoms with Crippen LogP contribution >= 0.6 is 0 Å². The Labute approximate surface area is 182 Å². The Kier molecular flexibility index (Phi) is 7.19. The van der Waals surface area contributed by atoms with Gasteiger partial charge in [-0.1, -0.05) is 44.2 Å². The largest absolute Gasteiger partial charge is 0.493 e. The second-order valence-electron chi connectivity index (χ2n) is 7.30. The number of rotatable bonds is 7. The predicted molar refractivity (Wildman–Crippen MR) is 120 cm³/mol. The van der Waals surface area contributed by atoms with Crippen LogP contribution in [0.4, 0.5) is 0 Å². The molecule has 0 atom stereocenters. The zero-order valence-electron chi connectivity index (χ0n) is 18.1. The maximum Gasteiger partial charge on any atom is 0.311 e. The van der Waals surface area contributed by atoms with Crippen LogP contribution in [0.15, 0.2) is 53.6 Å². The van der Waals surface area contributed by atoms with Crippen LogP contribution in [0.1, 0.15) is 61.0 Å². The molecular weight excluding hydrogens is 392 g/mol. The minimum absolute atomic E-state index is 0.0224. The van der Waals surface area contributed by atoms with Crippen LogP contribution in [0.3, 0.4) is 0 Å². The van der Waals surface area contributed by atoms with Gasteiger partial charge in [0, 0.05) is 29.6 Å². The second-order valence-corrected chi connectivity index (χ2v) is 7.30. The lowest BCUT2D eigenvalue weighted by Gasteiger charge is -2.09. The summed E-state index contributed by atoms with van der Waals surface area (Å²) in [5, 5.41) is 0. The highest BCUT2D eigenvalue weighted by atomic mass is 16.6. The summed E-state index contributed by atoms with van der Waals surface area (Å²) in [6, 6.07) is 12.6. The van der Waals surface area contributed by atoms with Crippen LogP contribution in [0, 0.1) is 0 Å². The Balaban J connectivity index is 1.78. The topological polar surface area (TPSA) is 69.7 Å². The van der Waals surface area contributed by atoms with Crippen molar-refractivity contribution in [2.45, 2.75) is 39.5 Å². The number of hydrogen-bond acceptors (Lipinski definition) is 5. The molecule has 1 saturated carbocycles. The summed E-state index contributed by atoms with van der Waals surface area (Å²) >= 11 is 0. The third kappa shape index (κ3) is 5.37. The smallest absolute Gasteiger partial charge is 0.311 e. The van der Waals surface area contributed by atoms with Gasteiger partial charge in [0.25, 0.3) is 0 Å². The Bertz CT molecular complexity index is 1060. The Morgan fingerprint density at radius 1 is 0.871 bits per heavy atom. The summed E-state index contributed by atoms with van der Waals surface area (Å²) in [6.07, 6.45) is 5.81. The monoisotopic (exact) mass is 418 g/mol. The van der Waals surface area contributed by atoms with Crippen molar-refractivity contribution < 1.29 is 23.9 Å². The highest BCUT2D eigenvalue weighted by molar-refractivity contribution is 6.15. The molecule has 5 nitrogen and oxygen atoms in total. The van der Waals surface area contributed by atoms with Gasteiger partial charge >= 0.3 is 5.97 Å². The van der Waals surface area contributed by atoms with E-state index in [1.807, 2.05) is 31.2 Å². The van der Waals surface area contributed by atoms with E-state index in [1.54, 1.807) is 37.3 Å². The molecule has 0 heterocycles. The molecule has 1 aliphatic rings. The number of methoxy groups -OCH3 is 1. The molecule has 1 fully saturated rings. The molecule has 0 amide bonds. The summed E-state index contributed by atoms with van der Waals surface area (Å²) in [7, 11) is 1.51. The van der Waals surface area contributed by atoms with E-state index in [2.05, 4.69) is 0 Å². The fourth-order valence-electron chi connectivity index (χ4n) is 3.40. The first kappa shape index (κ1) is 22.2. The number of carbonyl (C=O) groups excluding carboxylic acids is 3. The Morgan fingerprint density at radius 2 is 1.48 bits per heavy atom. The average molecular weight is 418 g/mol. The molecule has 31 heavy (non-hydrogen) atoms. The summed E-state index contributed by atoms with van der Waals surface area (Å²) in [4.78, 5) is 36.2. The minimum atomic E-state index is -0.336. The molecule has 0 radical (unpaired) electrons. The van der Waals surface area contributed by atoms with Gasteiger partial charge in [-0.15, -0.1) is 0 Å². The zero-order chi connectivity index (χ0) is 22.4. The van der Waals surface area contributed by atoms with E-state index in [0.29, 0.717) is 36.3 Å². The summed E-state index contributed by atoms with van der Waals surface area (Å²) in [5.41, 5.74) is 3.87. The highest BCUT2D eigenvalue weighted by Crippen LogP contribution is 2.33. The molecule has 0 aliphatic heterocycles. The number of carbonyl (C=O) groups is 3. The number of hydrogen-bond donors (Lipinski definition) is 0. The molecule has 2 aromatic carbocycles. The maximum atomic E-state index is 12.9. The van der Waals surface area contributed by atoms with Crippen molar-refractivity contribution in [2.24, 2.45) is 0 Å². The molecule has 0 spiro atoms. The molecule has 0 aromatic heterocycles. The lowest BCUT2D eigenvalue weighted by molar-refractivity contribution is -0.134. The third-order valence-corrected chi connectivity index (χ3v) is 5.18. The number of benzene rings is 2. The van der Waals surface area contributed by atoms with Crippen LogP contribution in [0.5, 0.6) is 11.5 Å². The first-order chi connectivity index (χ1) is 14.9. The lowest BCUT2D eigenvalue weighted by atomic mass is 10.0. The van der Waals surface area contributed by atoms with Gasteiger partial charge in [-0.3, -0.25) is 14.4 Å². The summed E-state index contributed by atoms with van der Waals surface area (Å²) in [5.74, 6) is 0.595. The van der Waals surface area contributed by atoms with E-state index < -0.39 is 0 Å². The van der Waals surface area contributed by atoms with Crippen LogP contribution in [-0.4, -0.2) is 24.6 Å². The zero-order valence-corrected chi connectivity index (χ0v) is 18.1. The van der Waals surface area contributed by atoms with Crippen molar-refractivity contribution in [3.8, 4) is 11.5 Å². The number of esters is 1. The van der Waals surface area contributed by atoms with Gasteiger partial charge in [0.15, 0.2) is 23.1 Å². The molecular formula is C26H26O5. The van der Waals surface area contributed by atoms with E-state index in [0.717, 1.165) is 22.3 Å². The van der Waals surface area contributed by atoms with Gasteiger partial charge in [-0.2, -0.15) is 0 Å². The minimum Gasteiger partial charge on any atom is -0.493 e. The quantitative estimate of drug-likeness (QED) is 0.259. The van der Waals surface area contributed by atoms with Gasteiger partial charge in [0.05, 0.1) is 7.11 Å². The molecule has 160 valence electrons. The first-order valence-corrected chi connectivity index (χ1v) is 10.4. The average Bonchev–Trinajstić information content (AvgIpc) is 3.13. The molecule has 3 rings (SSSR count). The molecule has 5 heteroatoms. The van der Waals surface area contributed by atoms with Crippen LogP contribution in [-0.2, 0) is 9.59 Å². The van der Waals surface area contributed by atoms with Gasteiger partial charge < -0.3 is 9.47 Å². The van der Waals surface area contributed by atoms with Crippen molar-refractivity contribution >= 4 is 29.7 Å². The molecule has 2 aromatic rings. The SMILES string of the molecule is CCC(=O)Oc1ccc(/C=C2\CC/C(=C\c3ccc(C(=O)CC)cc3)C2=O)cc1OC. The van der Waals surface area contributed by atoms with Gasteiger partial charge in [0.2, 0.25) is 0 Å². The van der Waals surface area contributed by atoms with E-state index in [9.17, 15) is 14.4 Å². The van der Waals surface area contributed by atoms with Gasteiger partial charge in [0.1, 0.15) is 0 Å². The standard InChI is InChI=1S/C26H26O5/c1-4-22(27)19-9-6-17(7-10-19)14-20-11-12-21(26(20)29)15-18-8-13-23(24(16-18)30-3)31-25(28)5-2/h6-10,13-16H,4-5,11-12H2,1-3H3/b20-14+,21-15+. The first-order valence-electron chi connectivity index (χ1n) is 10.4. The van der Waals surface area contributed by atoms with Crippen LogP contribution < -0.4 is 9.47 Å². The highest BCUT2D eigenvalue weighted by Gasteiger charge is 2.23. The van der Waals surface area contributed by atoms with Crippen molar-refractivity contribution in [1.29, 1.82) is 0 Å². The predicted octanol–water partition coefficient (Wildman–Crippen LogP) is 5.43. The maximum absolute atomic E-state index is 12.9. The Morgan fingerprint density at radius 3 is 2.06 bits per heavy atom. The number of allylic oxidation sites excluding steroid dienone is 2. The fourth-order valence-corrected chi connectivity index (χ4v) is 3.40. The third-order valence-electron chi connectivity index (χ3n) is 5.18. The van der Waals surface area contributed by atoms with Crippen molar-refractivity contribution in [3.63, 3.8) is 0 Å². The fraction of sp³-hybridized carbons (Fsp3) is 0.269. The van der Waals surface area contributed by atoms with Crippen molar-refractivity contribution in [3.05, 3.63) is 70.3 Å². The van der Waals surface area contributed by atoms with Crippen molar-refractivity contribution in [2.75, 3.05) is 7.11 Å². The van der Waals surface area contributed by atoms with Gasteiger partial charge in [-0.25, -0.2) is 0 Å². The molecule has 0 bridgehead atoms. The van der Waals surface area contributed by atoms with E-state index in [4.69, 9.17) is 9.47 Å². The Hall–Kier alpha value is -3.47. The second kappa shape index (κ2) is 10.0. The van der Waals surface area contributed by atoms with Gasteiger partial charge in [-0.05, 0) is 48.3 Å². The normalized spacial score (nSPS) is 16.0. The van der Waals surface area contributed by atoms with E-state index in [1.165, 1.54) is 7.11 Å². The number of ether oxygens (including phenoxy) is 2.